The molecule has 6 heteroatoms. The van der Waals surface area contributed by atoms with Crippen LogP contribution in [0.5, 0.6) is 0 Å². The summed E-state index contributed by atoms with van der Waals surface area (Å²) >= 11 is 5.44. The number of halogens is 1. The normalized spacial score (nSPS) is 10.2. The molecule has 126 valence electrons. The molecule has 0 radical (unpaired) electrons. The van der Waals surface area contributed by atoms with Crippen molar-refractivity contribution in [2.45, 2.75) is 19.5 Å². The van der Waals surface area contributed by atoms with E-state index in [0.717, 1.165) is 11.1 Å². The smallest absolute Gasteiger partial charge is 0.219 e. The topological polar surface area (TPSA) is 58.4 Å². The predicted octanol–water partition coefficient (Wildman–Crippen LogP) is 2.58. The molecule has 4 nitrogen and oxygen atoms in total. The molecule has 0 unspecified atom stereocenters. The zero-order valence-corrected chi connectivity index (χ0v) is 14.1. The summed E-state index contributed by atoms with van der Waals surface area (Å²) in [7, 11) is 0. The number of amides is 1. The van der Waals surface area contributed by atoms with Gasteiger partial charge in [-0.2, -0.15) is 0 Å². The molecule has 2 aromatic carbocycles. The average Bonchev–Trinajstić information content (AvgIpc) is 2.58. The lowest BCUT2D eigenvalue weighted by atomic mass is 10.2. The highest BCUT2D eigenvalue weighted by molar-refractivity contribution is 7.80. The fourth-order valence-corrected chi connectivity index (χ4v) is 2.42. The quantitative estimate of drug-likeness (QED) is 0.757. The van der Waals surface area contributed by atoms with Crippen LogP contribution in [0.4, 0.5) is 4.39 Å². The minimum atomic E-state index is -0.366. The monoisotopic (exact) mass is 345 g/mol. The summed E-state index contributed by atoms with van der Waals surface area (Å²) in [5, 5.41) is 3.68. The van der Waals surface area contributed by atoms with Gasteiger partial charge in [-0.3, -0.25) is 4.79 Å². The van der Waals surface area contributed by atoms with E-state index < -0.39 is 0 Å². The van der Waals surface area contributed by atoms with E-state index in [-0.39, 0.29) is 18.1 Å². The molecule has 1 amide bonds. The van der Waals surface area contributed by atoms with Crippen LogP contribution in [0.1, 0.15) is 17.5 Å². The number of rotatable bonds is 7. The van der Waals surface area contributed by atoms with E-state index in [4.69, 9.17) is 18.0 Å². The molecule has 0 saturated heterocycles. The first kappa shape index (κ1) is 17.9. The van der Waals surface area contributed by atoms with Gasteiger partial charge in [0.15, 0.2) is 5.11 Å². The first-order valence-electron chi connectivity index (χ1n) is 7.64. The van der Waals surface area contributed by atoms with Gasteiger partial charge in [-0.25, -0.2) is 4.39 Å². The number of carbonyl (C=O) groups is 1. The number of benzene rings is 2. The third-order valence-electron chi connectivity index (χ3n) is 3.49. The molecule has 0 spiro atoms. The maximum atomic E-state index is 12.9. The number of thiocarbonyl (C=S) groups is 1. The second kappa shape index (κ2) is 8.98. The van der Waals surface area contributed by atoms with Crippen molar-refractivity contribution >= 4 is 23.2 Å². The average molecular weight is 345 g/mol. The van der Waals surface area contributed by atoms with Crippen LogP contribution in [0.15, 0.2) is 54.6 Å². The fraction of sp³-hybridized carbons (Fsp3) is 0.222. The van der Waals surface area contributed by atoms with Crippen molar-refractivity contribution in [3.05, 3.63) is 71.5 Å². The SMILES string of the molecule is NC(=O)CCN(Cc1ccccc1)C(=S)NCc1ccc(F)cc1. The van der Waals surface area contributed by atoms with Crippen molar-refractivity contribution in [3.8, 4) is 0 Å². The molecule has 0 heterocycles. The molecule has 0 atom stereocenters. The maximum absolute atomic E-state index is 12.9. The Kier molecular flexibility index (Phi) is 6.69. The number of nitrogens with one attached hydrogen (secondary N) is 1. The van der Waals surface area contributed by atoms with Crippen molar-refractivity contribution in [1.82, 2.24) is 10.2 Å². The number of nitrogens with zero attached hydrogens (tertiary/aromatic N) is 1. The van der Waals surface area contributed by atoms with Gasteiger partial charge in [-0.1, -0.05) is 42.5 Å². The van der Waals surface area contributed by atoms with Crippen LogP contribution in [0.2, 0.25) is 0 Å². The molecular formula is C18H20FN3OS. The molecule has 0 aliphatic heterocycles. The molecule has 0 aliphatic rings. The van der Waals surface area contributed by atoms with Crippen LogP contribution >= 0.6 is 12.2 Å². The number of carbonyl (C=O) groups excluding carboxylic acids is 1. The first-order valence-corrected chi connectivity index (χ1v) is 8.05. The van der Waals surface area contributed by atoms with Crippen LogP contribution in [0.3, 0.4) is 0 Å². The molecule has 2 rings (SSSR count). The van der Waals surface area contributed by atoms with Gasteiger partial charge < -0.3 is 16.0 Å². The Bertz CT molecular complexity index is 676. The lowest BCUT2D eigenvalue weighted by Crippen LogP contribution is -2.40. The summed E-state index contributed by atoms with van der Waals surface area (Å²) in [4.78, 5) is 13.0. The molecule has 3 N–H and O–H groups in total. The van der Waals surface area contributed by atoms with Crippen LogP contribution in [0.25, 0.3) is 0 Å². The van der Waals surface area contributed by atoms with Gasteiger partial charge in [0.25, 0.3) is 0 Å². The van der Waals surface area contributed by atoms with Gasteiger partial charge in [-0.15, -0.1) is 0 Å². The second-order valence-electron chi connectivity index (χ2n) is 5.41. The predicted molar refractivity (Wildman–Crippen MR) is 96.5 cm³/mol. The molecule has 2 aromatic rings. The molecule has 0 bridgehead atoms. The lowest BCUT2D eigenvalue weighted by molar-refractivity contribution is -0.118. The second-order valence-corrected chi connectivity index (χ2v) is 5.80. The molecule has 0 aliphatic carbocycles. The summed E-state index contributed by atoms with van der Waals surface area (Å²) < 4.78 is 12.9. The molecule has 0 fully saturated rings. The van der Waals surface area contributed by atoms with Gasteiger partial charge in [0, 0.05) is 26.1 Å². The lowest BCUT2D eigenvalue weighted by Gasteiger charge is -2.25. The van der Waals surface area contributed by atoms with E-state index in [0.29, 0.717) is 24.7 Å². The van der Waals surface area contributed by atoms with E-state index in [1.165, 1.54) is 12.1 Å². The van der Waals surface area contributed by atoms with E-state index in [1.807, 2.05) is 35.2 Å². The van der Waals surface area contributed by atoms with Crippen molar-refractivity contribution in [2.24, 2.45) is 5.73 Å². The summed E-state index contributed by atoms with van der Waals surface area (Å²) in [6.07, 6.45) is 0.227. The van der Waals surface area contributed by atoms with E-state index >= 15 is 0 Å². The Labute approximate surface area is 146 Å². The zero-order chi connectivity index (χ0) is 17.4. The highest BCUT2D eigenvalue weighted by atomic mass is 32.1. The van der Waals surface area contributed by atoms with E-state index in [1.54, 1.807) is 12.1 Å². The van der Waals surface area contributed by atoms with Crippen molar-refractivity contribution in [2.75, 3.05) is 6.54 Å². The minimum Gasteiger partial charge on any atom is -0.370 e. The number of nitrogens with two attached hydrogens (primary N) is 1. The summed E-state index contributed by atoms with van der Waals surface area (Å²) in [5.41, 5.74) is 7.26. The number of hydrogen-bond acceptors (Lipinski definition) is 2. The summed E-state index contributed by atoms with van der Waals surface area (Å²) in [6, 6.07) is 16.1. The molecule has 24 heavy (non-hydrogen) atoms. The van der Waals surface area contributed by atoms with Crippen LogP contribution in [-0.4, -0.2) is 22.5 Å². The largest absolute Gasteiger partial charge is 0.370 e. The summed E-state index contributed by atoms with van der Waals surface area (Å²) in [6.45, 7) is 1.52. The highest BCUT2D eigenvalue weighted by Gasteiger charge is 2.11. The maximum Gasteiger partial charge on any atom is 0.219 e. The Morgan fingerprint density at radius 3 is 2.38 bits per heavy atom. The van der Waals surface area contributed by atoms with Crippen molar-refractivity contribution in [1.29, 1.82) is 0 Å². The third-order valence-corrected chi connectivity index (χ3v) is 3.89. The molecular weight excluding hydrogens is 325 g/mol. The van der Waals surface area contributed by atoms with Gasteiger partial charge in [-0.05, 0) is 35.5 Å². The first-order chi connectivity index (χ1) is 11.5. The van der Waals surface area contributed by atoms with Gasteiger partial charge in [0.1, 0.15) is 5.82 Å². The van der Waals surface area contributed by atoms with Crippen molar-refractivity contribution < 1.29 is 9.18 Å². The number of hydrogen-bond donors (Lipinski definition) is 2. The Morgan fingerprint density at radius 1 is 1.08 bits per heavy atom. The zero-order valence-electron chi connectivity index (χ0n) is 13.2. The Morgan fingerprint density at radius 2 is 1.75 bits per heavy atom. The van der Waals surface area contributed by atoms with Crippen LogP contribution in [0, 0.1) is 5.82 Å². The minimum absolute atomic E-state index is 0.227. The van der Waals surface area contributed by atoms with Gasteiger partial charge >= 0.3 is 0 Å². The highest BCUT2D eigenvalue weighted by Crippen LogP contribution is 2.07. The van der Waals surface area contributed by atoms with E-state index in [9.17, 15) is 9.18 Å². The van der Waals surface area contributed by atoms with Crippen LogP contribution < -0.4 is 11.1 Å². The number of primary amides is 1. The standard InChI is InChI=1S/C18H20FN3OS/c19-16-8-6-14(7-9-16)12-21-18(24)22(11-10-17(20)23)13-15-4-2-1-3-5-15/h1-9H,10-13H2,(H2,20,23)(H,21,24). The summed E-state index contributed by atoms with van der Waals surface area (Å²) in [5.74, 6) is -0.636. The third kappa shape index (κ3) is 5.96. The van der Waals surface area contributed by atoms with Crippen molar-refractivity contribution in [3.63, 3.8) is 0 Å². The Balaban J connectivity index is 1.97. The molecule has 0 saturated carbocycles. The van der Waals surface area contributed by atoms with Gasteiger partial charge in [0.2, 0.25) is 5.91 Å². The van der Waals surface area contributed by atoms with Gasteiger partial charge in [0.05, 0.1) is 0 Å². The molecule has 0 aromatic heterocycles. The Hall–Kier alpha value is -2.47. The van der Waals surface area contributed by atoms with E-state index in [2.05, 4.69) is 5.32 Å². The fourth-order valence-electron chi connectivity index (χ4n) is 2.19. The van der Waals surface area contributed by atoms with Crippen LogP contribution in [-0.2, 0) is 17.9 Å².